The van der Waals surface area contributed by atoms with Crippen molar-refractivity contribution < 1.29 is 18.0 Å². The first-order valence-corrected chi connectivity index (χ1v) is 6.04. The number of nitrogens with two attached hydrogens (primary N) is 1. The molecule has 0 aromatic heterocycles. The molecule has 7 heteroatoms. The normalized spacial score (nSPS) is 13.2. The highest BCUT2D eigenvalue weighted by molar-refractivity contribution is 6.34. The number of nitrogens with one attached hydrogen (secondary N) is 1. The van der Waals surface area contributed by atoms with E-state index in [9.17, 15) is 18.0 Å². The molecule has 0 aliphatic rings. The number of carbonyl (C=O) groups is 1. The van der Waals surface area contributed by atoms with Gasteiger partial charge in [-0.1, -0.05) is 24.6 Å². The summed E-state index contributed by atoms with van der Waals surface area (Å²) in [7, 11) is 0. The summed E-state index contributed by atoms with van der Waals surface area (Å²) in [5.41, 5.74) is 4.17. The van der Waals surface area contributed by atoms with Gasteiger partial charge in [0.15, 0.2) is 0 Å². The van der Waals surface area contributed by atoms with Crippen LogP contribution in [0.15, 0.2) is 18.2 Å². The summed E-state index contributed by atoms with van der Waals surface area (Å²) in [6.07, 6.45) is -4.08. The van der Waals surface area contributed by atoms with Crippen molar-refractivity contribution in [1.29, 1.82) is 0 Å². The van der Waals surface area contributed by atoms with Crippen LogP contribution in [-0.2, 0) is 11.0 Å². The van der Waals surface area contributed by atoms with Crippen LogP contribution in [0.5, 0.6) is 0 Å². The number of anilines is 1. The van der Waals surface area contributed by atoms with Gasteiger partial charge in [-0.15, -0.1) is 0 Å². The predicted molar refractivity (Wildman–Crippen MR) is 68.0 cm³/mol. The fraction of sp³-hybridized carbons (Fsp3) is 0.417. The topological polar surface area (TPSA) is 55.1 Å². The van der Waals surface area contributed by atoms with Gasteiger partial charge in [0.1, 0.15) is 0 Å². The zero-order valence-electron chi connectivity index (χ0n) is 10.2. The molecule has 1 unspecified atom stereocenters. The highest BCUT2D eigenvalue weighted by atomic mass is 35.5. The molecule has 0 saturated heterocycles. The van der Waals surface area contributed by atoms with Crippen molar-refractivity contribution in [1.82, 2.24) is 0 Å². The van der Waals surface area contributed by atoms with Crippen LogP contribution in [-0.4, -0.2) is 11.9 Å². The molecule has 0 spiro atoms. The van der Waals surface area contributed by atoms with Crippen LogP contribution in [0.1, 0.15) is 25.3 Å². The maximum absolute atomic E-state index is 12.8. The highest BCUT2D eigenvalue weighted by Crippen LogP contribution is 2.38. The van der Waals surface area contributed by atoms with Crippen molar-refractivity contribution >= 4 is 23.2 Å². The second kappa shape index (κ2) is 6.25. The first-order chi connectivity index (χ1) is 8.75. The van der Waals surface area contributed by atoms with E-state index in [0.29, 0.717) is 6.42 Å². The fourth-order valence-corrected chi connectivity index (χ4v) is 1.68. The molecule has 1 aromatic carbocycles. The molecule has 0 saturated carbocycles. The van der Waals surface area contributed by atoms with Gasteiger partial charge in [-0.05, 0) is 18.6 Å². The Bertz CT molecular complexity index is 463. The van der Waals surface area contributed by atoms with E-state index >= 15 is 0 Å². The van der Waals surface area contributed by atoms with Gasteiger partial charge in [-0.3, -0.25) is 4.79 Å². The Kier molecular flexibility index (Phi) is 5.20. The Morgan fingerprint density at radius 3 is 2.63 bits per heavy atom. The number of para-hydroxylation sites is 1. The number of rotatable bonds is 4. The van der Waals surface area contributed by atoms with Crippen molar-refractivity contribution in [3.05, 3.63) is 28.8 Å². The average Bonchev–Trinajstić information content (AvgIpc) is 2.30. The Morgan fingerprint density at radius 1 is 1.47 bits per heavy atom. The molecule has 0 bridgehead atoms. The third-order valence-corrected chi connectivity index (χ3v) is 2.87. The molecule has 0 fully saturated rings. The molecule has 3 nitrogen and oxygen atoms in total. The maximum atomic E-state index is 12.8. The molecule has 19 heavy (non-hydrogen) atoms. The van der Waals surface area contributed by atoms with Crippen molar-refractivity contribution in [3.63, 3.8) is 0 Å². The minimum Gasteiger partial charge on any atom is -0.327 e. The second-order valence-electron chi connectivity index (χ2n) is 4.08. The molecule has 1 rings (SSSR count). The number of halogens is 4. The zero-order chi connectivity index (χ0) is 14.6. The predicted octanol–water partition coefficient (Wildman–Crippen LogP) is 3.42. The minimum absolute atomic E-state index is 0.0565. The number of carbonyl (C=O) groups excluding carboxylic acids is 1. The Morgan fingerprint density at radius 2 is 2.11 bits per heavy atom. The minimum atomic E-state index is -4.58. The van der Waals surface area contributed by atoms with Crippen molar-refractivity contribution in [3.8, 4) is 0 Å². The molecule has 3 N–H and O–H groups in total. The number of hydrogen-bond acceptors (Lipinski definition) is 2. The van der Waals surface area contributed by atoms with E-state index in [-0.39, 0.29) is 11.4 Å². The van der Waals surface area contributed by atoms with E-state index in [0.717, 1.165) is 6.07 Å². The third kappa shape index (κ3) is 4.40. The summed E-state index contributed by atoms with van der Waals surface area (Å²) < 4.78 is 38.3. The number of alkyl halides is 3. The van der Waals surface area contributed by atoms with Crippen LogP contribution in [0.25, 0.3) is 0 Å². The summed E-state index contributed by atoms with van der Waals surface area (Å²) in [6, 6.07) is 2.93. The van der Waals surface area contributed by atoms with Gasteiger partial charge >= 0.3 is 6.18 Å². The van der Waals surface area contributed by atoms with Crippen LogP contribution in [0.4, 0.5) is 18.9 Å². The van der Waals surface area contributed by atoms with Crippen molar-refractivity contribution in [2.45, 2.75) is 32.0 Å². The van der Waals surface area contributed by atoms with Gasteiger partial charge < -0.3 is 11.1 Å². The molecule has 1 aromatic rings. The molecular weight excluding hydrogens is 281 g/mol. The lowest BCUT2D eigenvalue weighted by atomic mass is 10.1. The van der Waals surface area contributed by atoms with E-state index in [1.807, 2.05) is 0 Å². The molecule has 106 valence electrons. The molecular formula is C12H14ClF3N2O. The number of benzene rings is 1. The number of amides is 1. The Balaban J connectivity index is 2.97. The lowest BCUT2D eigenvalue weighted by Crippen LogP contribution is -2.27. The van der Waals surface area contributed by atoms with Gasteiger partial charge in [0.05, 0.1) is 16.3 Å². The van der Waals surface area contributed by atoms with E-state index in [1.54, 1.807) is 6.92 Å². The Labute approximate surface area is 113 Å². The summed E-state index contributed by atoms with van der Waals surface area (Å²) in [5.74, 6) is -0.590. The van der Waals surface area contributed by atoms with Crippen molar-refractivity contribution in [2.24, 2.45) is 5.73 Å². The second-order valence-corrected chi connectivity index (χ2v) is 4.49. The van der Waals surface area contributed by atoms with E-state index in [4.69, 9.17) is 17.3 Å². The first kappa shape index (κ1) is 15.8. The van der Waals surface area contributed by atoms with Gasteiger partial charge in [-0.25, -0.2) is 0 Å². The summed E-state index contributed by atoms with van der Waals surface area (Å²) in [4.78, 5) is 11.6. The van der Waals surface area contributed by atoms with Gasteiger partial charge in [0.2, 0.25) is 5.91 Å². The Hall–Kier alpha value is -1.27. The van der Waals surface area contributed by atoms with Gasteiger partial charge in [0.25, 0.3) is 0 Å². The summed E-state index contributed by atoms with van der Waals surface area (Å²) >= 11 is 5.70. The van der Waals surface area contributed by atoms with Crippen molar-refractivity contribution in [2.75, 3.05) is 5.32 Å². The highest BCUT2D eigenvalue weighted by Gasteiger charge is 2.34. The quantitative estimate of drug-likeness (QED) is 0.894. The standard InChI is InChI=1S/C12H14ClF3N2O/c1-2-7(17)6-10(19)18-11-8(12(14,15)16)4-3-5-9(11)13/h3-5,7H,2,6,17H2,1H3,(H,18,19). The average molecular weight is 295 g/mol. The lowest BCUT2D eigenvalue weighted by molar-refractivity contribution is -0.137. The molecule has 0 heterocycles. The van der Waals surface area contributed by atoms with Crippen LogP contribution >= 0.6 is 11.6 Å². The fourth-order valence-electron chi connectivity index (χ4n) is 1.46. The third-order valence-electron chi connectivity index (χ3n) is 2.56. The van der Waals surface area contributed by atoms with Crippen LogP contribution < -0.4 is 11.1 Å². The van der Waals surface area contributed by atoms with Gasteiger partial charge in [0, 0.05) is 12.5 Å². The molecule has 0 radical (unpaired) electrons. The van der Waals surface area contributed by atoms with Crippen LogP contribution in [0.3, 0.4) is 0 Å². The zero-order valence-corrected chi connectivity index (χ0v) is 11.0. The van der Waals surface area contributed by atoms with E-state index < -0.39 is 29.4 Å². The largest absolute Gasteiger partial charge is 0.418 e. The lowest BCUT2D eigenvalue weighted by Gasteiger charge is -2.16. The first-order valence-electron chi connectivity index (χ1n) is 5.66. The SMILES string of the molecule is CCC(N)CC(=O)Nc1c(Cl)cccc1C(F)(F)F. The molecule has 0 aliphatic carbocycles. The van der Waals surface area contributed by atoms with Crippen LogP contribution in [0.2, 0.25) is 5.02 Å². The van der Waals surface area contributed by atoms with E-state index in [1.165, 1.54) is 12.1 Å². The van der Waals surface area contributed by atoms with Gasteiger partial charge in [-0.2, -0.15) is 13.2 Å². The number of hydrogen-bond donors (Lipinski definition) is 2. The summed E-state index contributed by atoms with van der Waals surface area (Å²) in [6.45, 7) is 1.79. The molecule has 0 aliphatic heterocycles. The maximum Gasteiger partial charge on any atom is 0.418 e. The van der Waals surface area contributed by atoms with E-state index in [2.05, 4.69) is 5.32 Å². The monoisotopic (exact) mass is 294 g/mol. The molecule has 1 atom stereocenters. The smallest absolute Gasteiger partial charge is 0.327 e. The summed E-state index contributed by atoms with van der Waals surface area (Å²) in [5, 5.41) is 2.02. The molecule has 1 amide bonds. The van der Waals surface area contributed by atoms with Crippen LogP contribution in [0, 0.1) is 0 Å².